The highest BCUT2D eigenvalue weighted by Crippen LogP contribution is 2.43. The van der Waals surface area contributed by atoms with Crippen molar-refractivity contribution in [2.45, 2.75) is 83.7 Å². The third-order valence-electron chi connectivity index (χ3n) is 5.08. The number of carbonyl (C=O) groups excluding carboxylic acids is 3. The molecular weight excluding hydrogens is 504 g/mol. The molecule has 1 fully saturated rings. The summed E-state index contributed by atoms with van der Waals surface area (Å²) in [6.45, 7) is 6.45. The number of H-pyrrole nitrogens is 1. The minimum Gasteiger partial charge on any atom is -0.462 e. The molecule has 0 bridgehead atoms. The molecule has 1 saturated heterocycles. The van der Waals surface area contributed by atoms with E-state index in [1.165, 1.54) is 13.8 Å². The van der Waals surface area contributed by atoms with Gasteiger partial charge in [-0.15, -0.1) is 4.52 Å². The van der Waals surface area contributed by atoms with E-state index in [2.05, 4.69) is 5.09 Å². The number of halogens is 1. The van der Waals surface area contributed by atoms with Crippen LogP contribution in [0.5, 0.6) is 0 Å². The average Bonchev–Trinajstić information content (AvgIpc) is 3.00. The Morgan fingerprint density at radius 2 is 1.94 bits per heavy atom. The summed E-state index contributed by atoms with van der Waals surface area (Å²) in [7, 11) is -2.66. The summed E-state index contributed by atoms with van der Waals surface area (Å²) in [6, 6.07) is -0.00333. The van der Waals surface area contributed by atoms with Gasteiger partial charge in [-0.05, 0) is 39.2 Å². The van der Waals surface area contributed by atoms with Gasteiger partial charge in [-0.1, -0.05) is 5.09 Å². The Morgan fingerprint density at radius 1 is 1.28 bits per heavy atom. The summed E-state index contributed by atoms with van der Waals surface area (Å²) in [5.41, 5.74) is -4.19. The van der Waals surface area contributed by atoms with Gasteiger partial charge in [0.05, 0.1) is 12.5 Å². The molecule has 1 aromatic heterocycles. The van der Waals surface area contributed by atoms with E-state index in [1.54, 1.807) is 13.8 Å². The number of carbonyl (C=O) groups is 3. The first kappa shape index (κ1) is 29.4. The van der Waals surface area contributed by atoms with Gasteiger partial charge in [-0.2, -0.15) is 0 Å². The molecule has 0 radical (unpaired) electrons. The number of esters is 2. The van der Waals surface area contributed by atoms with Gasteiger partial charge in [0.1, 0.15) is 24.5 Å². The first-order valence-electron chi connectivity index (χ1n) is 11.1. The zero-order valence-corrected chi connectivity index (χ0v) is 21.4. The van der Waals surface area contributed by atoms with Crippen LogP contribution in [0, 0.1) is 0 Å². The fourth-order valence-electron chi connectivity index (χ4n) is 3.34. The van der Waals surface area contributed by atoms with Crippen molar-refractivity contribution in [1.29, 1.82) is 0 Å². The van der Waals surface area contributed by atoms with E-state index in [1.807, 2.05) is 4.98 Å². The molecule has 3 unspecified atom stereocenters. The Balaban J connectivity index is 2.19. The van der Waals surface area contributed by atoms with E-state index in [0.29, 0.717) is 0 Å². The molecule has 1 aromatic rings. The number of alkyl halides is 1. The lowest BCUT2D eigenvalue weighted by Gasteiger charge is -2.27. The SMILES string of the molecule is CC(=O)CCC(=O)O[C@@H]1C(CO[P+](=O)N[C@@H](C)C(=O)OC(C)C)OC(n2ccc(=O)[nH]c2=O)[C@]1(C)F. The van der Waals surface area contributed by atoms with E-state index in [4.69, 9.17) is 18.7 Å². The third-order valence-corrected chi connectivity index (χ3v) is 6.07. The number of hydrogen-bond donors (Lipinski definition) is 2. The number of aromatic nitrogens is 2. The lowest BCUT2D eigenvalue weighted by molar-refractivity contribution is -0.158. The third kappa shape index (κ3) is 7.85. The van der Waals surface area contributed by atoms with Gasteiger partial charge in [0.2, 0.25) is 0 Å². The predicted octanol–water partition coefficient (Wildman–Crippen LogP) is 1.05. The molecule has 36 heavy (non-hydrogen) atoms. The van der Waals surface area contributed by atoms with Gasteiger partial charge < -0.3 is 19.0 Å². The lowest BCUT2D eigenvalue weighted by atomic mass is 9.98. The van der Waals surface area contributed by atoms with Crippen molar-refractivity contribution in [1.82, 2.24) is 14.6 Å². The Morgan fingerprint density at radius 3 is 2.53 bits per heavy atom. The van der Waals surface area contributed by atoms with Crippen LogP contribution in [0.15, 0.2) is 21.9 Å². The molecule has 0 aromatic carbocycles. The fourth-order valence-corrected chi connectivity index (χ4v) is 4.12. The summed E-state index contributed by atoms with van der Waals surface area (Å²) in [6.07, 6.45) is -4.43. The van der Waals surface area contributed by atoms with Crippen molar-refractivity contribution in [3.05, 3.63) is 33.1 Å². The molecule has 0 amide bonds. The first-order chi connectivity index (χ1) is 16.7. The molecule has 6 atom stereocenters. The van der Waals surface area contributed by atoms with E-state index in [0.717, 1.165) is 23.8 Å². The van der Waals surface area contributed by atoms with Gasteiger partial charge in [0, 0.05) is 18.7 Å². The summed E-state index contributed by atoms with van der Waals surface area (Å²) < 4.78 is 50.1. The Hall–Kier alpha value is -2.80. The Kier molecular flexibility index (Phi) is 10.2. The second-order valence-corrected chi connectivity index (χ2v) is 9.73. The summed E-state index contributed by atoms with van der Waals surface area (Å²) >= 11 is 0. The number of hydrogen-bond acceptors (Lipinski definition) is 10. The molecule has 1 aliphatic heterocycles. The highest BCUT2D eigenvalue weighted by Gasteiger charge is 2.58. The Bertz CT molecular complexity index is 1100. The van der Waals surface area contributed by atoms with Crippen LogP contribution in [0.4, 0.5) is 4.39 Å². The molecule has 2 N–H and O–H groups in total. The van der Waals surface area contributed by atoms with Crippen LogP contribution < -0.4 is 16.3 Å². The minimum atomic E-state index is -2.66. The molecular formula is C21H30FN3O10P+. The number of Topliss-reactive ketones (excluding diaryl/α,β-unsaturated/α-hetero) is 1. The average molecular weight is 534 g/mol. The van der Waals surface area contributed by atoms with E-state index >= 15 is 4.39 Å². The highest BCUT2D eigenvalue weighted by molar-refractivity contribution is 7.36. The smallest absolute Gasteiger partial charge is 0.462 e. The maximum Gasteiger partial charge on any atom is 0.613 e. The molecule has 0 spiro atoms. The van der Waals surface area contributed by atoms with Gasteiger partial charge in [-0.25, -0.2) is 9.18 Å². The zero-order valence-electron chi connectivity index (χ0n) is 20.5. The molecule has 0 aliphatic carbocycles. The second-order valence-electron chi connectivity index (χ2n) is 8.70. The van der Waals surface area contributed by atoms with Crippen molar-refractivity contribution < 1.29 is 42.1 Å². The van der Waals surface area contributed by atoms with E-state index in [9.17, 15) is 28.5 Å². The molecule has 13 nitrogen and oxygen atoms in total. The molecule has 2 rings (SSSR count). The number of nitrogens with zero attached hydrogens (tertiary/aromatic N) is 1. The van der Waals surface area contributed by atoms with Crippen LogP contribution in [0.1, 0.15) is 53.7 Å². The van der Waals surface area contributed by atoms with E-state index < -0.39 is 68.1 Å². The molecule has 200 valence electrons. The predicted molar refractivity (Wildman–Crippen MR) is 122 cm³/mol. The van der Waals surface area contributed by atoms with Crippen molar-refractivity contribution >= 4 is 25.9 Å². The summed E-state index contributed by atoms with van der Waals surface area (Å²) in [4.78, 5) is 61.0. The number of ether oxygens (including phenoxy) is 3. The maximum absolute atomic E-state index is 16.0. The number of rotatable bonds is 12. The number of nitrogens with one attached hydrogen (secondary N) is 2. The number of aromatic amines is 1. The minimum absolute atomic E-state index is 0.125. The quantitative estimate of drug-likeness (QED) is 0.290. The van der Waals surface area contributed by atoms with Gasteiger partial charge in [-0.3, -0.25) is 23.9 Å². The monoisotopic (exact) mass is 534 g/mol. The largest absolute Gasteiger partial charge is 0.613 e. The van der Waals surface area contributed by atoms with Gasteiger partial charge in [0.25, 0.3) is 5.56 Å². The normalized spacial score (nSPS) is 24.9. The molecule has 15 heteroatoms. The van der Waals surface area contributed by atoms with Crippen LogP contribution in [-0.4, -0.2) is 63.9 Å². The maximum atomic E-state index is 16.0. The number of ketones is 1. The lowest BCUT2D eigenvalue weighted by Crippen LogP contribution is -2.46. The van der Waals surface area contributed by atoms with Gasteiger partial charge >= 0.3 is 25.8 Å². The van der Waals surface area contributed by atoms with Crippen LogP contribution >= 0.6 is 8.18 Å². The van der Waals surface area contributed by atoms with Crippen molar-refractivity contribution in [2.24, 2.45) is 0 Å². The zero-order chi connectivity index (χ0) is 27.2. The fraction of sp³-hybridized carbons (Fsp3) is 0.667. The van der Waals surface area contributed by atoms with E-state index in [-0.39, 0.29) is 24.7 Å². The first-order valence-corrected chi connectivity index (χ1v) is 12.3. The van der Waals surface area contributed by atoms with Crippen LogP contribution in [-0.2, 0) is 37.7 Å². The van der Waals surface area contributed by atoms with Crippen molar-refractivity contribution in [3.63, 3.8) is 0 Å². The molecule has 0 saturated carbocycles. The topological polar surface area (TPSA) is 172 Å². The van der Waals surface area contributed by atoms with Crippen LogP contribution in [0.2, 0.25) is 0 Å². The second kappa shape index (κ2) is 12.4. The van der Waals surface area contributed by atoms with Crippen molar-refractivity contribution in [2.75, 3.05) is 6.61 Å². The van der Waals surface area contributed by atoms with Crippen LogP contribution in [0.3, 0.4) is 0 Å². The van der Waals surface area contributed by atoms with Gasteiger partial charge in [0.15, 0.2) is 18.0 Å². The molecule has 2 heterocycles. The highest BCUT2D eigenvalue weighted by atomic mass is 31.1. The van der Waals surface area contributed by atoms with Crippen LogP contribution in [0.25, 0.3) is 0 Å². The Labute approximate surface area is 206 Å². The summed E-state index contributed by atoms with van der Waals surface area (Å²) in [5, 5.41) is 2.40. The summed E-state index contributed by atoms with van der Waals surface area (Å²) in [5.74, 6) is -1.83. The van der Waals surface area contributed by atoms with Crippen molar-refractivity contribution in [3.8, 4) is 0 Å². The molecule has 1 aliphatic rings. The standard InChI is InChI=1S/C21H29FN3O10P/c1-11(2)33-18(29)13(4)24-36(31)32-10-14-17(35-16(28)7-6-12(3)26)21(5,22)19(34-14)25-9-8-15(27)23-20(25)30/h8-9,11,13-14,17,19H,6-7,10H2,1-5H3,(H-,23,24,27,30,31)/p+1/t13-,14?,17+,19?,21+/m0/s1.